The number of aryl methyl sites for hydroxylation is 1. The molecule has 0 aliphatic heterocycles. The number of carbonyl (C=O) groups excluding carboxylic acids is 2. The third-order valence-electron chi connectivity index (χ3n) is 4.56. The number of nitrogens with two attached hydrogens (primary N) is 1. The summed E-state index contributed by atoms with van der Waals surface area (Å²) < 4.78 is 11.2. The van der Waals surface area contributed by atoms with Crippen LogP contribution in [0.4, 0.5) is 17.3 Å². The normalized spacial score (nSPS) is 12.1. The number of nitrogens with one attached hydrogen (secondary N) is 2. The van der Waals surface area contributed by atoms with E-state index in [9.17, 15) is 19.2 Å². The molecule has 33 heavy (non-hydrogen) atoms. The monoisotopic (exact) mass is 482 g/mol. The summed E-state index contributed by atoms with van der Waals surface area (Å²) in [6.07, 6.45) is 0. The van der Waals surface area contributed by atoms with Crippen LogP contribution >= 0.6 is 11.8 Å². The minimum absolute atomic E-state index is 0.0435. The van der Waals surface area contributed by atoms with Gasteiger partial charge in [-0.3, -0.25) is 23.9 Å². The molecule has 2 amide bonds. The molecule has 2 aromatic rings. The van der Waals surface area contributed by atoms with Gasteiger partial charge in [-0.15, -0.1) is 11.8 Å². The summed E-state index contributed by atoms with van der Waals surface area (Å²) in [5, 5.41) is 5.72. The Bertz CT molecular complexity index is 1090. The predicted molar refractivity (Wildman–Crippen MR) is 127 cm³/mol. The van der Waals surface area contributed by atoms with Crippen LogP contribution < -0.4 is 27.2 Å². The number of nitrogen functional groups attached to an aromatic ring is 1. The molecule has 0 spiro atoms. The average Bonchev–Trinajstić information content (AvgIpc) is 3.15. The Kier molecular flexibility index (Phi) is 9.29. The molecule has 0 bridgehead atoms. The molecular weight excluding hydrogens is 452 g/mol. The zero-order chi connectivity index (χ0) is 24.7. The fourth-order valence-corrected chi connectivity index (χ4v) is 3.69. The summed E-state index contributed by atoms with van der Waals surface area (Å²) in [6, 6.07) is 1.58. The van der Waals surface area contributed by atoms with E-state index < -0.39 is 22.4 Å². The molecule has 2 heterocycles. The van der Waals surface area contributed by atoms with E-state index in [4.69, 9.17) is 15.0 Å². The number of methoxy groups -OCH3 is 1. The SMILES string of the molecule is COCCN(C(=O)CSC(C)C(=O)Nc1cc(C)on1)c1c(N)n(CC(C)C)c(=O)[nH]c1=O. The van der Waals surface area contributed by atoms with Gasteiger partial charge in [-0.1, -0.05) is 19.0 Å². The summed E-state index contributed by atoms with van der Waals surface area (Å²) in [6.45, 7) is 7.59. The van der Waals surface area contributed by atoms with Gasteiger partial charge in [-0.25, -0.2) is 4.79 Å². The topological polar surface area (TPSA) is 166 Å². The first-order valence-corrected chi connectivity index (χ1v) is 11.4. The number of anilines is 3. The van der Waals surface area contributed by atoms with Crippen LogP contribution in [-0.2, 0) is 20.9 Å². The maximum atomic E-state index is 13.1. The Morgan fingerprint density at radius 1 is 1.36 bits per heavy atom. The predicted octanol–water partition coefficient (Wildman–Crippen LogP) is 0.811. The molecular formula is C20H30N6O6S. The van der Waals surface area contributed by atoms with Crippen molar-refractivity contribution in [2.45, 2.75) is 39.5 Å². The number of hydrogen-bond acceptors (Lipinski definition) is 9. The summed E-state index contributed by atoms with van der Waals surface area (Å²) in [5.41, 5.74) is 4.63. The Balaban J connectivity index is 2.21. The Hall–Kier alpha value is -3.06. The highest BCUT2D eigenvalue weighted by molar-refractivity contribution is 8.01. The molecule has 2 aromatic heterocycles. The lowest BCUT2D eigenvalue weighted by molar-refractivity contribution is -0.116. The molecule has 13 heteroatoms. The summed E-state index contributed by atoms with van der Waals surface area (Å²) >= 11 is 1.08. The summed E-state index contributed by atoms with van der Waals surface area (Å²) in [7, 11) is 1.46. The van der Waals surface area contributed by atoms with E-state index in [1.165, 1.54) is 16.6 Å². The van der Waals surface area contributed by atoms with Crippen LogP contribution in [0.3, 0.4) is 0 Å². The fraction of sp³-hybridized carbons (Fsp3) is 0.550. The fourth-order valence-electron chi connectivity index (χ4n) is 2.93. The number of thioether (sulfide) groups is 1. The van der Waals surface area contributed by atoms with E-state index in [1.54, 1.807) is 19.9 Å². The quantitative estimate of drug-likeness (QED) is 0.420. The maximum Gasteiger partial charge on any atom is 0.330 e. The van der Waals surface area contributed by atoms with E-state index in [0.29, 0.717) is 5.76 Å². The summed E-state index contributed by atoms with van der Waals surface area (Å²) in [4.78, 5) is 53.7. The number of aromatic amines is 1. The van der Waals surface area contributed by atoms with Crippen LogP contribution in [0.1, 0.15) is 26.5 Å². The second-order valence-corrected chi connectivity index (χ2v) is 9.13. The first-order chi connectivity index (χ1) is 15.5. The van der Waals surface area contributed by atoms with Crippen molar-refractivity contribution in [2.75, 3.05) is 42.0 Å². The second-order valence-electron chi connectivity index (χ2n) is 7.80. The molecule has 182 valence electrons. The van der Waals surface area contributed by atoms with Gasteiger partial charge in [0, 0.05) is 26.3 Å². The molecule has 12 nitrogen and oxygen atoms in total. The highest BCUT2D eigenvalue weighted by Gasteiger charge is 2.26. The van der Waals surface area contributed by atoms with Gasteiger partial charge in [-0.05, 0) is 19.8 Å². The van der Waals surface area contributed by atoms with Crippen LogP contribution in [0.25, 0.3) is 0 Å². The van der Waals surface area contributed by atoms with Crippen LogP contribution in [0.5, 0.6) is 0 Å². The van der Waals surface area contributed by atoms with Crippen molar-refractivity contribution in [3.63, 3.8) is 0 Å². The van der Waals surface area contributed by atoms with Gasteiger partial charge in [-0.2, -0.15) is 0 Å². The Labute approximate surface area is 194 Å². The lowest BCUT2D eigenvalue weighted by Crippen LogP contribution is -2.43. The highest BCUT2D eigenvalue weighted by atomic mass is 32.2. The van der Waals surface area contributed by atoms with Crippen molar-refractivity contribution >= 4 is 40.9 Å². The van der Waals surface area contributed by atoms with Gasteiger partial charge in [0.25, 0.3) is 5.56 Å². The van der Waals surface area contributed by atoms with Crippen LogP contribution in [0.2, 0.25) is 0 Å². The zero-order valence-corrected chi connectivity index (χ0v) is 20.2. The molecule has 0 aromatic carbocycles. The van der Waals surface area contributed by atoms with Crippen molar-refractivity contribution in [1.29, 1.82) is 0 Å². The molecule has 1 unspecified atom stereocenters. The number of ether oxygens (including phenoxy) is 1. The largest absolute Gasteiger partial charge is 0.383 e. The molecule has 4 N–H and O–H groups in total. The van der Waals surface area contributed by atoms with Gasteiger partial charge in [0.15, 0.2) is 11.5 Å². The van der Waals surface area contributed by atoms with Gasteiger partial charge in [0.05, 0.1) is 17.6 Å². The third-order valence-corrected chi connectivity index (χ3v) is 5.68. The molecule has 0 saturated heterocycles. The van der Waals surface area contributed by atoms with Crippen LogP contribution in [-0.4, -0.2) is 57.8 Å². The van der Waals surface area contributed by atoms with E-state index in [1.807, 2.05) is 13.8 Å². The minimum atomic E-state index is -0.765. The van der Waals surface area contributed by atoms with Crippen LogP contribution in [0, 0.1) is 12.8 Å². The number of nitrogens with zero attached hydrogens (tertiary/aromatic N) is 3. The highest BCUT2D eigenvalue weighted by Crippen LogP contribution is 2.21. The number of H-pyrrole nitrogens is 1. The molecule has 0 fully saturated rings. The van der Waals surface area contributed by atoms with Crippen molar-refractivity contribution in [3.8, 4) is 0 Å². The van der Waals surface area contributed by atoms with Gasteiger partial charge in [0.2, 0.25) is 11.8 Å². The van der Waals surface area contributed by atoms with E-state index in [2.05, 4.69) is 15.5 Å². The van der Waals surface area contributed by atoms with Crippen molar-refractivity contribution < 1.29 is 18.8 Å². The van der Waals surface area contributed by atoms with Crippen molar-refractivity contribution in [3.05, 3.63) is 32.7 Å². The van der Waals surface area contributed by atoms with Gasteiger partial charge < -0.3 is 25.2 Å². The van der Waals surface area contributed by atoms with Gasteiger partial charge in [0.1, 0.15) is 11.6 Å². The minimum Gasteiger partial charge on any atom is -0.383 e. The number of carbonyl (C=O) groups is 2. The first-order valence-electron chi connectivity index (χ1n) is 10.3. The van der Waals surface area contributed by atoms with Gasteiger partial charge >= 0.3 is 5.69 Å². The standard InChI is InChI=1S/C20H30N6O6S/c1-11(2)9-26-17(21)16(19(29)23-20(26)30)25(6-7-31-5)15(27)10-33-13(4)18(28)22-14-8-12(3)32-24-14/h8,11,13H,6-7,9-10,21H2,1-5H3,(H,22,24,28)(H,23,29,30). The molecule has 0 saturated carbocycles. The maximum absolute atomic E-state index is 13.1. The van der Waals surface area contributed by atoms with Crippen molar-refractivity contribution in [1.82, 2.24) is 14.7 Å². The lowest BCUT2D eigenvalue weighted by atomic mass is 10.2. The smallest absolute Gasteiger partial charge is 0.330 e. The Morgan fingerprint density at radius 3 is 2.64 bits per heavy atom. The zero-order valence-electron chi connectivity index (χ0n) is 19.3. The average molecular weight is 483 g/mol. The molecule has 0 aliphatic rings. The van der Waals surface area contributed by atoms with Crippen LogP contribution in [0.15, 0.2) is 20.2 Å². The first kappa shape index (κ1) is 26.2. The third kappa shape index (κ3) is 6.96. The number of aromatic nitrogens is 3. The molecule has 1 atom stereocenters. The lowest BCUT2D eigenvalue weighted by Gasteiger charge is -2.25. The van der Waals surface area contributed by atoms with Crippen molar-refractivity contribution in [2.24, 2.45) is 5.92 Å². The molecule has 0 radical (unpaired) electrons. The van der Waals surface area contributed by atoms with E-state index in [0.717, 1.165) is 11.8 Å². The number of amides is 2. The Morgan fingerprint density at radius 2 is 2.06 bits per heavy atom. The number of hydrogen-bond donors (Lipinski definition) is 3. The number of rotatable bonds is 11. The molecule has 2 rings (SSSR count). The molecule has 0 aliphatic carbocycles. The second kappa shape index (κ2) is 11.7. The van der Waals surface area contributed by atoms with E-state index >= 15 is 0 Å². The summed E-state index contributed by atoms with van der Waals surface area (Å²) in [5.74, 6) is -0.109. The van der Waals surface area contributed by atoms with E-state index in [-0.39, 0.29) is 54.6 Å².